The van der Waals surface area contributed by atoms with Crippen LogP contribution in [0.25, 0.3) is 64.6 Å². The number of ether oxygens (including phenoxy) is 2. The second-order valence-electron chi connectivity index (χ2n) is 30.9. The largest absolute Gasteiger partial charge is 0.508 e. The Morgan fingerprint density at radius 2 is 0.507 bits per heavy atom. The number of phenolic OH excluding ortho intramolecular Hbond substituents is 14. The lowest BCUT2D eigenvalue weighted by Crippen LogP contribution is -2.21. The van der Waals surface area contributed by atoms with Crippen LogP contribution in [0.2, 0.25) is 0 Å². The molecule has 16 aromatic rings. The summed E-state index contributed by atoms with van der Waals surface area (Å²) in [5.74, 6) is 7.12. The first-order chi connectivity index (χ1) is 64.1. The molecule has 0 fully saturated rings. The summed E-state index contributed by atoms with van der Waals surface area (Å²) >= 11 is 0. The maximum atomic E-state index is 10.0. The molecule has 0 bridgehead atoms. The first-order valence-corrected chi connectivity index (χ1v) is 46.2. The van der Waals surface area contributed by atoms with Crippen molar-refractivity contribution in [3.8, 4) is 92.0 Å². The number of methoxy groups -OCH3 is 2. The van der Waals surface area contributed by atoms with Gasteiger partial charge in [0, 0.05) is 78.0 Å². The first-order valence-electron chi connectivity index (χ1n) is 46.2. The zero-order chi connectivity index (χ0) is 101. The van der Waals surface area contributed by atoms with Crippen LogP contribution in [0.5, 0.6) is 92.0 Å². The van der Waals surface area contributed by atoms with Crippen molar-refractivity contribution in [3.63, 3.8) is 0 Å². The van der Waals surface area contributed by atoms with Gasteiger partial charge in [-0.3, -0.25) is 0 Å². The Morgan fingerprint density at radius 1 is 0.239 bits per heavy atom. The minimum atomic E-state index is 0.196. The van der Waals surface area contributed by atoms with Gasteiger partial charge in [-0.1, -0.05) is 314 Å². The molecule has 0 aliphatic carbocycles. The van der Waals surface area contributed by atoms with Gasteiger partial charge in [0.1, 0.15) is 80.5 Å². The Balaban J connectivity index is 0.000000499. The molecule has 0 saturated carbocycles. The normalized spacial score (nSPS) is 9.93. The second kappa shape index (κ2) is 61.3. The molecule has 16 rings (SSSR count). The van der Waals surface area contributed by atoms with Crippen LogP contribution in [-0.4, -0.2) is 98.8 Å². The van der Waals surface area contributed by atoms with Crippen LogP contribution in [-0.2, 0) is 0 Å². The second-order valence-corrected chi connectivity index (χ2v) is 30.9. The third-order valence-electron chi connectivity index (χ3n) is 20.5. The molecular formula is C117H149NO16. The summed E-state index contributed by atoms with van der Waals surface area (Å²) in [7, 11) is 3.24. The van der Waals surface area contributed by atoms with Crippen molar-refractivity contribution in [1.82, 2.24) is 0 Å². The van der Waals surface area contributed by atoms with E-state index in [-0.39, 0.29) is 69.0 Å². The number of hydrogen-bond donors (Lipinski definition) is 14. The van der Waals surface area contributed by atoms with Crippen LogP contribution in [0, 0.1) is 13.8 Å². The quantitative estimate of drug-likeness (QED) is 0.0605. The molecule has 0 heterocycles. The van der Waals surface area contributed by atoms with Gasteiger partial charge in [0.2, 0.25) is 0 Å². The maximum Gasteiger partial charge on any atom is 0.160 e. The first kappa shape index (κ1) is 116. The third kappa shape index (κ3) is 35.4. The van der Waals surface area contributed by atoms with Gasteiger partial charge in [0.15, 0.2) is 11.5 Å². The fraction of sp³-hybridized carbons (Fsp3) is 0.282. The summed E-state index contributed by atoms with van der Waals surface area (Å²) in [5, 5.41) is 140. The summed E-state index contributed by atoms with van der Waals surface area (Å²) in [5.41, 5.74) is 9.45. The number of phenols is 14. The molecule has 0 aliphatic rings. The smallest absolute Gasteiger partial charge is 0.160 e. The minimum absolute atomic E-state index is 0.196. The van der Waals surface area contributed by atoms with Gasteiger partial charge < -0.3 is 85.9 Å². The van der Waals surface area contributed by atoms with E-state index < -0.39 is 0 Å². The number of aromatic hydroxyl groups is 14. The lowest BCUT2D eigenvalue weighted by molar-refractivity contribution is 0.372. The molecule has 0 radical (unpaired) electrons. The van der Waals surface area contributed by atoms with Crippen LogP contribution in [0.3, 0.4) is 0 Å². The lowest BCUT2D eigenvalue weighted by atomic mass is 9.97. The monoisotopic (exact) mass is 1820 g/mol. The van der Waals surface area contributed by atoms with Gasteiger partial charge in [-0.05, 0) is 217 Å². The van der Waals surface area contributed by atoms with Crippen molar-refractivity contribution in [3.05, 3.63) is 330 Å². The van der Waals surface area contributed by atoms with Crippen LogP contribution in [0.1, 0.15) is 221 Å². The summed E-state index contributed by atoms with van der Waals surface area (Å²) in [6, 6.07) is 86.2. The minimum Gasteiger partial charge on any atom is -0.508 e. The maximum absolute atomic E-state index is 10.0. The lowest BCUT2D eigenvalue weighted by Gasteiger charge is -2.21. The van der Waals surface area contributed by atoms with Gasteiger partial charge in [-0.15, -0.1) is 0 Å². The Hall–Kier alpha value is -14.3. The molecule has 0 aromatic heterocycles. The van der Waals surface area contributed by atoms with E-state index in [0.717, 1.165) is 46.3 Å². The fourth-order valence-corrected chi connectivity index (χ4v) is 13.2. The van der Waals surface area contributed by atoms with Crippen molar-refractivity contribution in [1.29, 1.82) is 0 Å². The molecule has 0 saturated heterocycles. The molecular weight excluding hydrogens is 1680 g/mol. The van der Waals surface area contributed by atoms with Crippen molar-refractivity contribution in [2.24, 2.45) is 0 Å². The predicted octanol–water partition coefficient (Wildman–Crippen LogP) is 31.9. The van der Waals surface area contributed by atoms with Gasteiger partial charge in [0.05, 0.1) is 14.2 Å². The van der Waals surface area contributed by atoms with E-state index in [1.807, 2.05) is 145 Å². The Morgan fingerprint density at radius 3 is 0.754 bits per heavy atom. The molecule has 0 amide bonds. The van der Waals surface area contributed by atoms with E-state index in [1.165, 1.54) is 27.9 Å². The topological polar surface area (TPSA) is 305 Å². The average Bonchev–Trinajstić information content (AvgIpc) is 0.785. The molecule has 134 heavy (non-hydrogen) atoms. The Bertz CT molecular complexity index is 5370. The number of rotatable bonds is 10. The standard InChI is InChI=1S/C13H21N.C13H14O2.C11H16O.5C10H8O2.C10H14O2.C10H14O.5C2H6/c1-5-14(6-2)13-9-7-12(8-10-13)11(3)4;1-8(2)11-5-3-9-7-10(14)4-6-12(9)13(11)15;1-7(2)10-5-8(3)11(12)9(4)6-10;5*11-9-5-1-3-7-8(9)4-2-6-10(7)12;1-7(2)8-4-5-9(11)10(6-8)12-3;1-8(2)9-4-6-10(11-3)7-5-9;5*1-2/h7-11H,5-6H2,1-4H3;3-8,14-15H,1-2H3;5-7,12H,1-4H3;5*1-6,11-12H;4-7,11H,1-3H3;4-8H,1-3H3;5*1-2H3. The molecule has 0 spiro atoms. The van der Waals surface area contributed by atoms with Crippen LogP contribution in [0.15, 0.2) is 291 Å². The molecule has 0 unspecified atom stereocenters. The number of hydrogen-bond acceptors (Lipinski definition) is 17. The fourth-order valence-electron chi connectivity index (χ4n) is 13.2. The summed E-state index contributed by atoms with van der Waals surface area (Å²) in [6.45, 7) is 51.9. The molecule has 17 heteroatoms. The van der Waals surface area contributed by atoms with Crippen LogP contribution < -0.4 is 14.4 Å². The number of fused-ring (bicyclic) bond motifs is 6. The van der Waals surface area contributed by atoms with Crippen LogP contribution >= 0.6 is 0 Å². The molecule has 17 nitrogen and oxygen atoms in total. The van der Waals surface area contributed by atoms with Crippen molar-refractivity contribution in [2.75, 3.05) is 32.2 Å². The zero-order valence-electron chi connectivity index (χ0n) is 83.5. The van der Waals surface area contributed by atoms with Crippen molar-refractivity contribution in [2.45, 2.75) is 196 Å². The molecule has 14 N–H and O–H groups in total. The predicted molar refractivity (Wildman–Crippen MR) is 566 cm³/mol. The Labute approximate surface area is 796 Å². The van der Waals surface area contributed by atoms with Gasteiger partial charge in [-0.2, -0.15) is 0 Å². The molecule has 16 aromatic carbocycles. The van der Waals surface area contributed by atoms with E-state index >= 15 is 0 Å². The number of benzene rings is 16. The van der Waals surface area contributed by atoms with E-state index in [0.29, 0.717) is 101 Å². The SMILES string of the molecule is CC.CC.CC.CC.CC.CC(C)c1ccc2cc(O)ccc2c1O.CCN(CC)c1ccc(C(C)C)cc1.COc1cc(C(C)C)ccc1O.COc1ccc(C(C)C)cc1.Cc1cc(C(C)C)cc(C)c1O.Oc1cccc2c(O)cccc12.Oc1cccc2c(O)cccc12.Oc1cccc2c(O)cccc12.Oc1cccc2c(O)cccc12.Oc1cccc2c(O)cccc12. The van der Waals surface area contributed by atoms with E-state index in [2.05, 4.69) is 111 Å². The van der Waals surface area contributed by atoms with Crippen molar-refractivity contribution < 1.29 is 81.0 Å². The molecule has 0 atom stereocenters. The van der Waals surface area contributed by atoms with E-state index in [9.17, 15) is 71.5 Å². The zero-order valence-corrected chi connectivity index (χ0v) is 83.5. The summed E-state index contributed by atoms with van der Waals surface area (Å²) in [4.78, 5) is 2.37. The summed E-state index contributed by atoms with van der Waals surface area (Å²) < 4.78 is 10.0. The van der Waals surface area contributed by atoms with Gasteiger partial charge >= 0.3 is 0 Å². The highest BCUT2D eigenvalue weighted by Crippen LogP contribution is 2.39. The van der Waals surface area contributed by atoms with Gasteiger partial charge in [-0.25, -0.2) is 0 Å². The number of nitrogens with zero attached hydrogens (tertiary/aromatic N) is 1. The van der Waals surface area contributed by atoms with Crippen LogP contribution in [0.4, 0.5) is 5.69 Å². The number of aryl methyl sites for hydroxylation is 2. The highest BCUT2D eigenvalue weighted by Gasteiger charge is 2.13. The third-order valence-corrected chi connectivity index (χ3v) is 20.5. The molecule has 0 aliphatic heterocycles. The Kier molecular flexibility index (Phi) is 53.0. The van der Waals surface area contributed by atoms with Crippen molar-refractivity contribution >= 4 is 70.3 Å². The molecule has 718 valence electrons. The number of anilines is 1. The van der Waals surface area contributed by atoms with E-state index in [1.54, 1.807) is 220 Å². The average molecular weight is 1830 g/mol. The van der Waals surface area contributed by atoms with E-state index in [4.69, 9.17) is 9.47 Å². The highest BCUT2D eigenvalue weighted by atomic mass is 16.5. The van der Waals surface area contributed by atoms with Gasteiger partial charge in [0.25, 0.3) is 0 Å². The summed E-state index contributed by atoms with van der Waals surface area (Å²) in [6.07, 6.45) is 0. The highest BCUT2D eigenvalue weighted by molar-refractivity contribution is 5.96.